The molecule has 16 heavy (non-hydrogen) atoms. The van der Waals surface area contributed by atoms with Gasteiger partial charge < -0.3 is 0 Å². The maximum Gasteiger partial charge on any atom is 0.0408 e. The van der Waals surface area contributed by atoms with Crippen LogP contribution < -0.4 is 0 Å². The molecule has 0 aliphatic heterocycles. The van der Waals surface area contributed by atoms with Crippen LogP contribution >= 0.6 is 39.3 Å². The van der Waals surface area contributed by atoms with Crippen molar-refractivity contribution in [3.63, 3.8) is 0 Å². The van der Waals surface area contributed by atoms with Crippen LogP contribution in [0.3, 0.4) is 0 Å². The fourth-order valence-corrected chi connectivity index (χ4v) is 3.18. The molecule has 0 N–H and O–H groups in total. The first-order valence-electron chi connectivity index (χ1n) is 5.64. The van der Waals surface area contributed by atoms with E-state index in [4.69, 9.17) is 11.6 Å². The predicted octanol–water partition coefficient (Wildman–Crippen LogP) is 5.04. The summed E-state index contributed by atoms with van der Waals surface area (Å²) in [6.45, 7) is 2.21. The topological polar surface area (TPSA) is 0 Å². The van der Waals surface area contributed by atoms with Crippen LogP contribution in [0.5, 0.6) is 0 Å². The first-order valence-corrected chi connectivity index (χ1v) is 8.29. The van der Waals surface area contributed by atoms with E-state index < -0.39 is 0 Å². The lowest BCUT2D eigenvalue weighted by molar-refractivity contribution is 0.579. The number of rotatable bonds is 7. The lowest BCUT2D eigenvalue weighted by Crippen LogP contribution is -2.07. The summed E-state index contributed by atoms with van der Waals surface area (Å²) in [7, 11) is 0. The minimum absolute atomic E-state index is 0.720. The first-order chi connectivity index (χ1) is 7.76. The molecule has 0 aromatic heterocycles. The Bertz CT molecular complexity index is 304. The number of thioether (sulfide) groups is 1. The highest BCUT2D eigenvalue weighted by Crippen LogP contribution is 2.19. The Morgan fingerprint density at radius 2 is 2.25 bits per heavy atom. The fourth-order valence-electron chi connectivity index (χ4n) is 1.63. The quantitative estimate of drug-likeness (QED) is 0.501. The Morgan fingerprint density at radius 1 is 1.44 bits per heavy atom. The molecule has 0 spiro atoms. The normalized spacial score (nSPS) is 12.7. The molecule has 1 unspecified atom stereocenters. The van der Waals surface area contributed by atoms with Crippen molar-refractivity contribution in [1.82, 2.24) is 0 Å². The predicted molar refractivity (Wildman–Crippen MR) is 80.1 cm³/mol. The molecule has 0 nitrogen and oxygen atoms in total. The van der Waals surface area contributed by atoms with Crippen LogP contribution in [0, 0.1) is 5.92 Å². The standard InChI is InChI=1S/C13H18BrClS/c1-2-16-7-6-12(10-14)8-11-4-3-5-13(15)9-11/h3-5,9,12H,2,6-8,10H2,1H3. The summed E-state index contributed by atoms with van der Waals surface area (Å²) < 4.78 is 0. The largest absolute Gasteiger partial charge is 0.162 e. The van der Waals surface area contributed by atoms with Crippen molar-refractivity contribution in [2.75, 3.05) is 16.8 Å². The minimum atomic E-state index is 0.720. The summed E-state index contributed by atoms with van der Waals surface area (Å²) >= 11 is 11.6. The number of alkyl halides is 1. The highest BCUT2D eigenvalue weighted by atomic mass is 79.9. The van der Waals surface area contributed by atoms with Gasteiger partial charge >= 0.3 is 0 Å². The molecule has 0 fully saturated rings. The second-order valence-corrected chi connectivity index (χ2v) is 6.32. The zero-order valence-electron chi connectivity index (χ0n) is 9.59. The molecular formula is C13H18BrClS. The van der Waals surface area contributed by atoms with Gasteiger partial charge in [0.1, 0.15) is 0 Å². The molecular weight excluding hydrogens is 304 g/mol. The van der Waals surface area contributed by atoms with Gasteiger partial charge in [0.15, 0.2) is 0 Å². The van der Waals surface area contributed by atoms with Crippen LogP contribution in [0.15, 0.2) is 24.3 Å². The molecule has 0 radical (unpaired) electrons. The molecule has 0 bridgehead atoms. The van der Waals surface area contributed by atoms with Crippen LogP contribution in [0.25, 0.3) is 0 Å². The van der Waals surface area contributed by atoms with Gasteiger partial charge in [-0.1, -0.05) is 46.6 Å². The van der Waals surface area contributed by atoms with Crippen LogP contribution in [0.2, 0.25) is 5.02 Å². The van der Waals surface area contributed by atoms with Gasteiger partial charge in [-0.2, -0.15) is 11.8 Å². The minimum Gasteiger partial charge on any atom is -0.162 e. The van der Waals surface area contributed by atoms with E-state index in [1.54, 1.807) is 0 Å². The van der Waals surface area contributed by atoms with Gasteiger partial charge in [0.2, 0.25) is 0 Å². The highest BCUT2D eigenvalue weighted by molar-refractivity contribution is 9.09. The van der Waals surface area contributed by atoms with Crippen molar-refractivity contribution in [3.8, 4) is 0 Å². The zero-order chi connectivity index (χ0) is 11.8. The summed E-state index contributed by atoms with van der Waals surface area (Å²) in [5.74, 6) is 3.19. The van der Waals surface area contributed by atoms with Crippen molar-refractivity contribution in [2.45, 2.75) is 19.8 Å². The van der Waals surface area contributed by atoms with E-state index in [1.165, 1.54) is 23.5 Å². The summed E-state index contributed by atoms with van der Waals surface area (Å²) in [5, 5.41) is 1.91. The summed E-state index contributed by atoms with van der Waals surface area (Å²) in [5.41, 5.74) is 1.35. The molecule has 0 aliphatic rings. The maximum absolute atomic E-state index is 5.98. The molecule has 1 aromatic rings. The number of hydrogen-bond acceptors (Lipinski definition) is 1. The van der Waals surface area contributed by atoms with Gasteiger partial charge in [0.05, 0.1) is 0 Å². The summed E-state index contributed by atoms with van der Waals surface area (Å²) in [4.78, 5) is 0. The van der Waals surface area contributed by atoms with Crippen LogP contribution in [0.4, 0.5) is 0 Å². The molecule has 3 heteroatoms. The molecule has 1 rings (SSSR count). The average Bonchev–Trinajstić information content (AvgIpc) is 2.28. The fraction of sp³-hybridized carbons (Fsp3) is 0.538. The van der Waals surface area contributed by atoms with E-state index in [0.717, 1.165) is 22.7 Å². The van der Waals surface area contributed by atoms with Gasteiger partial charge in [0, 0.05) is 10.4 Å². The second kappa shape index (κ2) is 8.43. The molecule has 0 amide bonds. The lowest BCUT2D eigenvalue weighted by Gasteiger charge is -2.13. The van der Waals surface area contributed by atoms with Crippen LogP contribution in [-0.4, -0.2) is 16.8 Å². The Hall–Kier alpha value is 0.340. The third kappa shape index (κ3) is 5.60. The monoisotopic (exact) mass is 320 g/mol. The van der Waals surface area contributed by atoms with E-state index in [-0.39, 0.29) is 0 Å². The van der Waals surface area contributed by atoms with Gasteiger partial charge in [-0.25, -0.2) is 0 Å². The Labute approximate surface area is 116 Å². The van der Waals surface area contributed by atoms with Gasteiger partial charge in [-0.05, 0) is 48.0 Å². The lowest BCUT2D eigenvalue weighted by atomic mass is 9.99. The van der Waals surface area contributed by atoms with Crippen molar-refractivity contribution in [2.24, 2.45) is 5.92 Å². The van der Waals surface area contributed by atoms with Gasteiger partial charge in [0.25, 0.3) is 0 Å². The van der Waals surface area contributed by atoms with E-state index in [0.29, 0.717) is 0 Å². The molecule has 0 saturated carbocycles. The van der Waals surface area contributed by atoms with Gasteiger partial charge in [-0.3, -0.25) is 0 Å². The second-order valence-electron chi connectivity index (χ2n) is 3.84. The number of benzene rings is 1. The molecule has 0 aliphatic carbocycles. The number of halogens is 2. The zero-order valence-corrected chi connectivity index (χ0v) is 12.7. The van der Waals surface area contributed by atoms with Crippen molar-refractivity contribution in [1.29, 1.82) is 0 Å². The summed E-state index contributed by atoms with van der Waals surface area (Å²) in [6, 6.07) is 8.20. The first kappa shape index (κ1) is 14.4. The van der Waals surface area contributed by atoms with E-state index in [2.05, 4.69) is 35.0 Å². The van der Waals surface area contributed by atoms with E-state index in [1.807, 2.05) is 23.9 Å². The molecule has 1 atom stereocenters. The Morgan fingerprint density at radius 3 is 2.88 bits per heavy atom. The Balaban J connectivity index is 2.43. The molecule has 0 saturated heterocycles. The van der Waals surface area contributed by atoms with E-state index >= 15 is 0 Å². The SMILES string of the molecule is CCSCCC(CBr)Cc1cccc(Cl)c1. The summed E-state index contributed by atoms with van der Waals surface area (Å²) in [6.07, 6.45) is 2.40. The third-order valence-corrected chi connectivity index (χ3v) is 4.59. The van der Waals surface area contributed by atoms with Crippen molar-refractivity contribution >= 4 is 39.3 Å². The molecule has 90 valence electrons. The van der Waals surface area contributed by atoms with Crippen molar-refractivity contribution < 1.29 is 0 Å². The molecule has 0 heterocycles. The smallest absolute Gasteiger partial charge is 0.0408 e. The maximum atomic E-state index is 5.98. The van der Waals surface area contributed by atoms with E-state index in [9.17, 15) is 0 Å². The van der Waals surface area contributed by atoms with Gasteiger partial charge in [-0.15, -0.1) is 0 Å². The van der Waals surface area contributed by atoms with Crippen molar-refractivity contribution in [3.05, 3.63) is 34.9 Å². The van der Waals surface area contributed by atoms with Crippen LogP contribution in [-0.2, 0) is 6.42 Å². The average molecular weight is 322 g/mol. The van der Waals surface area contributed by atoms with Crippen LogP contribution in [0.1, 0.15) is 18.9 Å². The molecule has 1 aromatic carbocycles. The third-order valence-electron chi connectivity index (χ3n) is 2.51. The highest BCUT2D eigenvalue weighted by Gasteiger charge is 2.08. The number of hydrogen-bond donors (Lipinski definition) is 0. The Kier molecular flexibility index (Phi) is 7.59.